The highest BCUT2D eigenvalue weighted by Crippen LogP contribution is 2.33. The summed E-state index contributed by atoms with van der Waals surface area (Å²) in [6.07, 6.45) is 0. The van der Waals surface area contributed by atoms with Crippen LogP contribution in [0.3, 0.4) is 0 Å². The Balaban J connectivity index is 3.52. The van der Waals surface area contributed by atoms with E-state index in [4.69, 9.17) is 14.0 Å². The number of benzene rings is 1. The van der Waals surface area contributed by atoms with Crippen molar-refractivity contribution in [3.05, 3.63) is 17.7 Å². The Morgan fingerprint density at radius 3 is 2.20 bits per heavy atom. The van der Waals surface area contributed by atoms with Crippen LogP contribution in [0.4, 0.5) is 0 Å². The topological polar surface area (TPSA) is 72.8 Å². The van der Waals surface area contributed by atoms with Gasteiger partial charge in [-0.05, 0) is 19.1 Å². The highest BCUT2D eigenvalue weighted by atomic mass is 32.2. The van der Waals surface area contributed by atoms with Crippen molar-refractivity contribution in [2.45, 2.75) is 11.8 Å². The standard InChI is InChI=1S/C9H12O5S/c1-6-7(13-2)4-5-8(9(6)14-3)15(10,11)12/h4-5H,1-3H3,(H,10,11,12). The zero-order chi connectivity index (χ0) is 11.6. The maximum Gasteiger partial charge on any atom is 0.298 e. The number of methoxy groups -OCH3 is 2. The van der Waals surface area contributed by atoms with Gasteiger partial charge in [-0.25, -0.2) is 0 Å². The van der Waals surface area contributed by atoms with E-state index in [1.807, 2.05) is 0 Å². The number of hydrogen-bond acceptors (Lipinski definition) is 4. The Bertz CT molecular complexity index is 464. The molecule has 0 aromatic heterocycles. The Morgan fingerprint density at radius 2 is 1.80 bits per heavy atom. The normalized spacial score (nSPS) is 11.2. The highest BCUT2D eigenvalue weighted by molar-refractivity contribution is 7.86. The first kappa shape index (κ1) is 11.8. The molecular formula is C9H12O5S. The Morgan fingerprint density at radius 1 is 1.20 bits per heavy atom. The van der Waals surface area contributed by atoms with Crippen molar-refractivity contribution in [1.29, 1.82) is 0 Å². The Kier molecular flexibility index (Phi) is 3.21. The van der Waals surface area contributed by atoms with Gasteiger partial charge in [0.25, 0.3) is 10.1 Å². The molecule has 0 aliphatic rings. The van der Waals surface area contributed by atoms with E-state index in [2.05, 4.69) is 0 Å². The maximum absolute atomic E-state index is 11.0. The largest absolute Gasteiger partial charge is 0.496 e. The van der Waals surface area contributed by atoms with Gasteiger partial charge in [-0.1, -0.05) is 0 Å². The molecular weight excluding hydrogens is 220 g/mol. The molecule has 0 amide bonds. The summed E-state index contributed by atoms with van der Waals surface area (Å²) in [6.45, 7) is 1.65. The van der Waals surface area contributed by atoms with E-state index in [-0.39, 0.29) is 10.6 Å². The van der Waals surface area contributed by atoms with Crippen LogP contribution in [0.5, 0.6) is 11.5 Å². The molecule has 0 unspecified atom stereocenters. The van der Waals surface area contributed by atoms with Crippen LogP contribution in [0.15, 0.2) is 17.0 Å². The summed E-state index contributed by atoms with van der Waals surface area (Å²) in [5.41, 5.74) is 0.523. The lowest BCUT2D eigenvalue weighted by Crippen LogP contribution is -2.03. The van der Waals surface area contributed by atoms with Gasteiger partial charge in [-0.2, -0.15) is 8.42 Å². The van der Waals surface area contributed by atoms with E-state index in [0.29, 0.717) is 11.3 Å². The SMILES string of the molecule is COc1ccc(S(=O)(=O)O)c(OC)c1C. The molecule has 0 bridgehead atoms. The van der Waals surface area contributed by atoms with E-state index in [0.717, 1.165) is 0 Å². The predicted molar refractivity (Wildman–Crippen MR) is 54.1 cm³/mol. The number of hydrogen-bond donors (Lipinski definition) is 1. The van der Waals surface area contributed by atoms with Gasteiger partial charge in [0.1, 0.15) is 16.4 Å². The fourth-order valence-electron chi connectivity index (χ4n) is 1.33. The second-order valence-corrected chi connectivity index (χ2v) is 4.29. The minimum absolute atomic E-state index is 0.0943. The zero-order valence-electron chi connectivity index (χ0n) is 8.64. The van der Waals surface area contributed by atoms with Gasteiger partial charge < -0.3 is 9.47 Å². The van der Waals surface area contributed by atoms with Crippen LogP contribution in [0, 0.1) is 6.92 Å². The van der Waals surface area contributed by atoms with E-state index < -0.39 is 10.1 Å². The molecule has 0 aliphatic carbocycles. The molecule has 1 aromatic carbocycles. The molecule has 0 saturated heterocycles. The van der Waals surface area contributed by atoms with Gasteiger partial charge in [0.2, 0.25) is 0 Å². The van der Waals surface area contributed by atoms with Crippen LogP contribution in [-0.4, -0.2) is 27.2 Å². The molecule has 6 heteroatoms. The van der Waals surface area contributed by atoms with Crippen molar-refractivity contribution >= 4 is 10.1 Å². The van der Waals surface area contributed by atoms with Gasteiger partial charge in [-0.15, -0.1) is 0 Å². The third kappa shape index (κ3) is 2.21. The van der Waals surface area contributed by atoms with Gasteiger partial charge in [0.15, 0.2) is 0 Å². The third-order valence-electron chi connectivity index (χ3n) is 2.02. The predicted octanol–water partition coefficient (Wildman–Crippen LogP) is 1.26. The molecule has 5 nitrogen and oxygen atoms in total. The highest BCUT2D eigenvalue weighted by Gasteiger charge is 2.20. The number of rotatable bonds is 3. The average molecular weight is 232 g/mol. The van der Waals surface area contributed by atoms with E-state index in [9.17, 15) is 8.42 Å². The molecule has 1 rings (SSSR count). The Hall–Kier alpha value is -1.27. The monoisotopic (exact) mass is 232 g/mol. The van der Waals surface area contributed by atoms with E-state index >= 15 is 0 Å². The molecule has 15 heavy (non-hydrogen) atoms. The lowest BCUT2D eigenvalue weighted by Gasteiger charge is -2.12. The van der Waals surface area contributed by atoms with Crippen LogP contribution < -0.4 is 9.47 Å². The summed E-state index contributed by atoms with van der Waals surface area (Å²) in [5.74, 6) is 0.594. The van der Waals surface area contributed by atoms with E-state index in [1.54, 1.807) is 6.92 Å². The maximum atomic E-state index is 11.0. The summed E-state index contributed by atoms with van der Waals surface area (Å²) in [7, 11) is -1.48. The minimum Gasteiger partial charge on any atom is -0.496 e. The van der Waals surface area contributed by atoms with E-state index in [1.165, 1.54) is 26.4 Å². The number of ether oxygens (including phenoxy) is 2. The lowest BCUT2D eigenvalue weighted by molar-refractivity contribution is 0.377. The van der Waals surface area contributed by atoms with Gasteiger partial charge >= 0.3 is 0 Å². The van der Waals surface area contributed by atoms with Crippen LogP contribution in [-0.2, 0) is 10.1 Å². The van der Waals surface area contributed by atoms with Crippen LogP contribution in [0.25, 0.3) is 0 Å². The summed E-state index contributed by atoms with van der Waals surface area (Å²) in [6, 6.07) is 2.70. The van der Waals surface area contributed by atoms with Gasteiger partial charge in [0, 0.05) is 5.56 Å². The molecule has 1 aromatic rings. The first-order valence-corrected chi connectivity index (χ1v) is 5.55. The molecule has 0 radical (unpaired) electrons. The minimum atomic E-state index is -4.27. The second kappa shape index (κ2) is 4.08. The first-order valence-electron chi connectivity index (χ1n) is 4.11. The molecule has 0 heterocycles. The average Bonchev–Trinajstić information content (AvgIpc) is 2.15. The molecule has 0 fully saturated rings. The molecule has 0 atom stereocenters. The van der Waals surface area contributed by atoms with Crippen molar-refractivity contribution in [2.75, 3.05) is 14.2 Å². The molecule has 0 spiro atoms. The Labute approximate surface area is 88.4 Å². The lowest BCUT2D eigenvalue weighted by atomic mass is 10.2. The molecule has 84 valence electrons. The summed E-state index contributed by atoms with van der Waals surface area (Å²) >= 11 is 0. The van der Waals surface area contributed by atoms with Crippen molar-refractivity contribution in [2.24, 2.45) is 0 Å². The van der Waals surface area contributed by atoms with Gasteiger partial charge in [0.05, 0.1) is 14.2 Å². The molecule has 0 aliphatic heterocycles. The fourth-order valence-corrected chi connectivity index (χ4v) is 2.04. The van der Waals surface area contributed by atoms with Crippen molar-refractivity contribution in [1.82, 2.24) is 0 Å². The molecule has 1 N–H and O–H groups in total. The summed E-state index contributed by atoms with van der Waals surface area (Å²) in [4.78, 5) is -0.261. The smallest absolute Gasteiger partial charge is 0.298 e. The molecule has 0 saturated carbocycles. The van der Waals surface area contributed by atoms with Crippen LogP contribution in [0.2, 0.25) is 0 Å². The van der Waals surface area contributed by atoms with Gasteiger partial charge in [-0.3, -0.25) is 4.55 Å². The quantitative estimate of drug-likeness (QED) is 0.794. The summed E-state index contributed by atoms with van der Waals surface area (Å²) in [5, 5.41) is 0. The van der Waals surface area contributed by atoms with Crippen LogP contribution in [0.1, 0.15) is 5.56 Å². The zero-order valence-corrected chi connectivity index (χ0v) is 9.46. The fraction of sp³-hybridized carbons (Fsp3) is 0.333. The van der Waals surface area contributed by atoms with Crippen molar-refractivity contribution in [3.63, 3.8) is 0 Å². The van der Waals surface area contributed by atoms with Crippen molar-refractivity contribution in [3.8, 4) is 11.5 Å². The first-order chi connectivity index (χ1) is 6.91. The summed E-state index contributed by atoms with van der Waals surface area (Å²) < 4.78 is 40.9. The van der Waals surface area contributed by atoms with Crippen molar-refractivity contribution < 1.29 is 22.4 Å². The second-order valence-electron chi connectivity index (χ2n) is 2.90. The third-order valence-corrected chi connectivity index (χ3v) is 2.90. The van der Waals surface area contributed by atoms with Crippen LogP contribution >= 0.6 is 0 Å².